The van der Waals surface area contributed by atoms with Crippen LogP contribution in [0.25, 0.3) is 10.9 Å². The number of aryl methyl sites for hydroxylation is 2. The number of nitrogens with zero attached hydrogens (tertiary/aromatic N) is 2. The highest BCUT2D eigenvalue weighted by Crippen LogP contribution is 2.35. The highest BCUT2D eigenvalue weighted by molar-refractivity contribution is 5.87. The second-order valence-corrected chi connectivity index (χ2v) is 7.68. The molecule has 4 nitrogen and oxygen atoms in total. The number of hydrogen-bond acceptors (Lipinski definition) is 2. The van der Waals surface area contributed by atoms with Gasteiger partial charge in [-0.1, -0.05) is 0 Å². The van der Waals surface area contributed by atoms with Crippen molar-refractivity contribution in [3.05, 3.63) is 34.5 Å². The first kappa shape index (κ1) is 16.1. The molecule has 23 heavy (non-hydrogen) atoms. The van der Waals surface area contributed by atoms with Gasteiger partial charge >= 0.3 is 5.97 Å². The van der Waals surface area contributed by atoms with Crippen LogP contribution in [0.5, 0.6) is 0 Å². The summed E-state index contributed by atoms with van der Waals surface area (Å²) in [6.07, 6.45) is 0.783. The predicted octanol–water partition coefficient (Wildman–Crippen LogP) is 3.62. The Hall–Kier alpha value is -1.81. The van der Waals surface area contributed by atoms with E-state index in [9.17, 15) is 4.79 Å². The Morgan fingerprint density at radius 2 is 1.83 bits per heavy atom. The van der Waals surface area contributed by atoms with Crippen molar-refractivity contribution in [2.24, 2.45) is 7.05 Å². The molecule has 0 atom stereocenters. The molecule has 2 aromatic rings. The zero-order chi connectivity index (χ0) is 16.9. The molecule has 0 unspecified atom stereocenters. The van der Waals surface area contributed by atoms with E-state index in [4.69, 9.17) is 5.11 Å². The number of benzene rings is 1. The number of aromatic nitrogens is 1. The van der Waals surface area contributed by atoms with Gasteiger partial charge in [0.15, 0.2) is 0 Å². The normalized spacial score (nSPS) is 15.3. The van der Waals surface area contributed by atoms with Crippen molar-refractivity contribution in [2.45, 2.75) is 59.2 Å². The molecule has 0 bridgehead atoms. The summed E-state index contributed by atoms with van der Waals surface area (Å²) in [5, 5.41) is 10.2. The second-order valence-electron chi connectivity index (χ2n) is 7.68. The van der Waals surface area contributed by atoms with E-state index >= 15 is 0 Å². The molecule has 1 aliphatic heterocycles. The SMILES string of the molecule is Cc1c(CCC(=O)O)c2cc3c(cc2n1C)CN(C(C)(C)C)C3. The van der Waals surface area contributed by atoms with Crippen LogP contribution in [0.3, 0.4) is 0 Å². The van der Waals surface area contributed by atoms with E-state index in [2.05, 4.69) is 56.3 Å². The maximum Gasteiger partial charge on any atom is 0.303 e. The summed E-state index contributed by atoms with van der Waals surface area (Å²) in [4.78, 5) is 13.4. The van der Waals surface area contributed by atoms with Gasteiger partial charge < -0.3 is 9.67 Å². The van der Waals surface area contributed by atoms with E-state index in [1.807, 2.05) is 0 Å². The molecule has 0 amide bonds. The Labute approximate surface area is 137 Å². The molecule has 124 valence electrons. The molecular formula is C19H26N2O2. The Morgan fingerprint density at radius 3 is 2.39 bits per heavy atom. The Kier molecular flexibility index (Phi) is 3.75. The number of carboxylic acids is 1. The number of carboxylic acid groups (broad SMARTS) is 1. The number of fused-ring (bicyclic) bond motifs is 2. The summed E-state index contributed by atoms with van der Waals surface area (Å²) in [5.74, 6) is -0.735. The van der Waals surface area contributed by atoms with Gasteiger partial charge in [-0.3, -0.25) is 9.69 Å². The van der Waals surface area contributed by atoms with Crippen LogP contribution in [0.1, 0.15) is 49.6 Å². The van der Waals surface area contributed by atoms with Crippen molar-refractivity contribution in [1.29, 1.82) is 0 Å². The second kappa shape index (κ2) is 5.38. The number of rotatable bonds is 3. The smallest absolute Gasteiger partial charge is 0.303 e. The quantitative estimate of drug-likeness (QED) is 0.941. The van der Waals surface area contributed by atoms with Crippen LogP contribution in [0.4, 0.5) is 0 Å². The summed E-state index contributed by atoms with van der Waals surface area (Å²) >= 11 is 0. The van der Waals surface area contributed by atoms with Gasteiger partial charge in [-0.25, -0.2) is 0 Å². The number of hydrogen-bond donors (Lipinski definition) is 1. The zero-order valence-electron chi connectivity index (χ0n) is 14.7. The molecule has 0 saturated heterocycles. The van der Waals surface area contributed by atoms with Crippen LogP contribution >= 0.6 is 0 Å². The number of aliphatic carboxylic acids is 1. The first-order valence-corrected chi connectivity index (χ1v) is 8.25. The summed E-state index contributed by atoms with van der Waals surface area (Å²) < 4.78 is 2.20. The fourth-order valence-corrected chi connectivity index (χ4v) is 3.56. The maximum absolute atomic E-state index is 11.0. The molecule has 0 aliphatic carbocycles. The molecule has 0 fully saturated rings. The number of carbonyl (C=O) groups is 1. The molecule has 0 spiro atoms. The molecule has 2 heterocycles. The standard InChI is InChI=1S/C19H26N2O2/c1-12-15(6-7-18(22)23)16-8-13-10-21(19(2,3)4)11-14(13)9-17(16)20(12)5/h8-9H,6-7,10-11H2,1-5H3,(H,22,23). The molecule has 3 rings (SSSR count). The molecule has 1 N–H and O–H groups in total. The first-order valence-electron chi connectivity index (χ1n) is 8.25. The van der Waals surface area contributed by atoms with E-state index < -0.39 is 5.97 Å². The lowest BCUT2D eigenvalue weighted by molar-refractivity contribution is -0.136. The van der Waals surface area contributed by atoms with Gasteiger partial charge in [0.05, 0.1) is 0 Å². The van der Waals surface area contributed by atoms with E-state index in [0.717, 1.165) is 13.1 Å². The van der Waals surface area contributed by atoms with Crippen molar-refractivity contribution in [2.75, 3.05) is 0 Å². The van der Waals surface area contributed by atoms with Gasteiger partial charge in [0.25, 0.3) is 0 Å². The monoisotopic (exact) mass is 314 g/mol. The molecule has 4 heteroatoms. The summed E-state index contributed by atoms with van der Waals surface area (Å²) in [6.45, 7) is 10.8. The largest absolute Gasteiger partial charge is 0.481 e. The van der Waals surface area contributed by atoms with Crippen LogP contribution in [0.15, 0.2) is 12.1 Å². The van der Waals surface area contributed by atoms with Crippen LogP contribution < -0.4 is 0 Å². The summed E-state index contributed by atoms with van der Waals surface area (Å²) in [5.41, 5.74) is 6.53. The minimum atomic E-state index is -0.735. The van der Waals surface area contributed by atoms with Crippen LogP contribution in [0, 0.1) is 6.92 Å². The highest BCUT2D eigenvalue weighted by Gasteiger charge is 2.29. The minimum Gasteiger partial charge on any atom is -0.481 e. The minimum absolute atomic E-state index is 0.160. The fraction of sp³-hybridized carbons (Fsp3) is 0.526. The zero-order valence-corrected chi connectivity index (χ0v) is 14.7. The van der Waals surface area contributed by atoms with Gasteiger partial charge in [0, 0.05) is 48.7 Å². The van der Waals surface area contributed by atoms with Crippen molar-refractivity contribution in [3.8, 4) is 0 Å². The Morgan fingerprint density at radius 1 is 1.22 bits per heavy atom. The van der Waals surface area contributed by atoms with Crippen LogP contribution in [-0.4, -0.2) is 26.1 Å². The summed E-state index contributed by atoms with van der Waals surface area (Å²) in [7, 11) is 2.07. The third kappa shape index (κ3) is 2.76. The molecule has 1 aromatic carbocycles. The predicted molar refractivity (Wildman–Crippen MR) is 92.6 cm³/mol. The fourth-order valence-electron chi connectivity index (χ4n) is 3.56. The molecule has 0 saturated carbocycles. The van der Waals surface area contributed by atoms with Crippen molar-refractivity contribution < 1.29 is 9.90 Å². The maximum atomic E-state index is 11.0. The van der Waals surface area contributed by atoms with Gasteiger partial charge in [-0.2, -0.15) is 0 Å². The van der Waals surface area contributed by atoms with E-state index in [-0.39, 0.29) is 12.0 Å². The van der Waals surface area contributed by atoms with E-state index in [1.54, 1.807) is 0 Å². The van der Waals surface area contributed by atoms with Gasteiger partial charge in [-0.05, 0) is 62.9 Å². The molecule has 1 aromatic heterocycles. The van der Waals surface area contributed by atoms with Crippen molar-refractivity contribution in [3.63, 3.8) is 0 Å². The van der Waals surface area contributed by atoms with Gasteiger partial charge in [-0.15, -0.1) is 0 Å². The highest BCUT2D eigenvalue weighted by atomic mass is 16.4. The Balaban J connectivity index is 2.05. The molecule has 1 aliphatic rings. The van der Waals surface area contributed by atoms with Crippen LogP contribution in [-0.2, 0) is 31.4 Å². The lowest BCUT2D eigenvalue weighted by Crippen LogP contribution is -2.36. The van der Waals surface area contributed by atoms with Crippen LogP contribution in [0.2, 0.25) is 0 Å². The average molecular weight is 314 g/mol. The first-order chi connectivity index (χ1) is 10.7. The lowest BCUT2D eigenvalue weighted by atomic mass is 10.0. The average Bonchev–Trinajstić information content (AvgIpc) is 2.96. The molecule has 0 radical (unpaired) electrons. The third-order valence-electron chi connectivity index (χ3n) is 5.20. The van der Waals surface area contributed by atoms with Gasteiger partial charge in [0.1, 0.15) is 0 Å². The van der Waals surface area contributed by atoms with Crippen molar-refractivity contribution >= 4 is 16.9 Å². The third-order valence-corrected chi connectivity index (χ3v) is 5.20. The van der Waals surface area contributed by atoms with Crippen molar-refractivity contribution in [1.82, 2.24) is 9.47 Å². The topological polar surface area (TPSA) is 45.5 Å². The lowest BCUT2D eigenvalue weighted by Gasteiger charge is -2.31. The van der Waals surface area contributed by atoms with Gasteiger partial charge in [0.2, 0.25) is 0 Å². The Bertz CT molecular complexity index is 781. The molecular weight excluding hydrogens is 288 g/mol. The summed E-state index contributed by atoms with van der Waals surface area (Å²) in [6, 6.07) is 4.59. The van der Waals surface area contributed by atoms with E-state index in [0.29, 0.717) is 6.42 Å². The van der Waals surface area contributed by atoms with E-state index in [1.165, 1.54) is 33.3 Å².